The molecule has 8 nitrogen and oxygen atoms in total. The molecule has 4 aromatic carbocycles. The van der Waals surface area contributed by atoms with Gasteiger partial charge in [-0.3, -0.25) is 4.79 Å². The summed E-state index contributed by atoms with van der Waals surface area (Å²) in [6.45, 7) is 0.975. The Labute approximate surface area is 241 Å². The van der Waals surface area contributed by atoms with Crippen molar-refractivity contribution in [2.45, 2.75) is 17.4 Å². The first-order chi connectivity index (χ1) is 20.7. The molecule has 0 saturated carbocycles. The van der Waals surface area contributed by atoms with E-state index in [1.165, 1.54) is 24.3 Å². The van der Waals surface area contributed by atoms with E-state index in [1.54, 1.807) is 0 Å². The molecule has 2 aliphatic rings. The van der Waals surface area contributed by atoms with Gasteiger partial charge < -0.3 is 18.4 Å². The molecule has 1 unspecified atom stereocenters. The second-order valence-electron chi connectivity index (χ2n) is 9.31. The van der Waals surface area contributed by atoms with Crippen LogP contribution < -0.4 is 13.7 Å². The minimum atomic E-state index is -5.94. The van der Waals surface area contributed by atoms with E-state index in [0.29, 0.717) is 12.1 Å². The largest absolute Gasteiger partial charge is 0.456 e. The summed E-state index contributed by atoms with van der Waals surface area (Å²) in [7, 11) is -5.94. The molecule has 0 aromatic heterocycles. The normalized spacial score (nSPS) is 16.5. The van der Waals surface area contributed by atoms with Crippen molar-refractivity contribution in [2.24, 2.45) is 0 Å². The summed E-state index contributed by atoms with van der Waals surface area (Å²) in [4.78, 5) is 22.0. The van der Waals surface area contributed by atoms with Gasteiger partial charge in [-0.15, -0.1) is 0 Å². The molecule has 0 radical (unpaired) electrons. The maximum Gasteiger partial charge on any atom is 0.345 e. The van der Waals surface area contributed by atoms with Crippen molar-refractivity contribution in [3.05, 3.63) is 112 Å². The van der Waals surface area contributed by atoms with E-state index in [2.05, 4.69) is 4.18 Å². The third-order valence-corrected chi connectivity index (χ3v) is 7.95. The van der Waals surface area contributed by atoms with Gasteiger partial charge in [0.1, 0.15) is 11.5 Å². The summed E-state index contributed by atoms with van der Waals surface area (Å²) in [6.07, 6.45) is 0. The summed E-state index contributed by atoms with van der Waals surface area (Å²) in [5, 5.41) is 0. The Bertz CT molecular complexity index is 2050. The lowest BCUT2D eigenvalue weighted by molar-refractivity contribution is -0.132. The van der Waals surface area contributed by atoms with Crippen molar-refractivity contribution in [3.63, 3.8) is 0 Å². The summed E-state index contributed by atoms with van der Waals surface area (Å²) in [5.74, 6) is -20.8. The Morgan fingerprint density at radius 3 is 1.86 bits per heavy atom. The Morgan fingerprint density at radius 1 is 0.750 bits per heavy atom. The smallest absolute Gasteiger partial charge is 0.345 e. The molecule has 44 heavy (non-hydrogen) atoms. The lowest BCUT2D eigenvalue weighted by Gasteiger charge is -2.36. The molecule has 4 aromatic rings. The van der Waals surface area contributed by atoms with Crippen LogP contribution in [0.3, 0.4) is 0 Å². The number of ether oxygens (including phenoxy) is 3. The maximum absolute atomic E-state index is 15.5. The van der Waals surface area contributed by atoms with E-state index in [4.69, 9.17) is 14.2 Å². The molecule has 6 rings (SSSR count). The van der Waals surface area contributed by atoms with Gasteiger partial charge in [0.15, 0.2) is 56.9 Å². The quantitative estimate of drug-likeness (QED) is 0.0677. The molecular formula is C28H11F7O8S. The van der Waals surface area contributed by atoms with Gasteiger partial charge in [0.25, 0.3) is 0 Å². The first kappa shape index (κ1) is 29.0. The number of halogens is 7. The number of rotatable bonds is 4. The van der Waals surface area contributed by atoms with Gasteiger partial charge in [-0.1, -0.05) is 18.2 Å². The standard InChI is InChI=1S/C28H11F7O8S/c1-10(36)40-19-8-17-13(6-15(19)29)28(12-5-3-2-4-11(12)27(37)42-28)14-7-16(30)20(9-18(14)41-17)43-44(38,39)26-24(34)22(32)21(31)23(33)25(26)35/h2-9H,1H3. The monoisotopic (exact) mass is 640 g/mol. The number of carbonyl (C=O) groups is 2. The van der Waals surface area contributed by atoms with E-state index in [0.717, 1.165) is 19.1 Å². The van der Waals surface area contributed by atoms with Gasteiger partial charge in [0, 0.05) is 24.6 Å². The number of benzene rings is 4. The van der Waals surface area contributed by atoms with Crippen LogP contribution in [-0.4, -0.2) is 20.4 Å². The SMILES string of the molecule is CC(=O)Oc1cc2c(cc1F)C1(OC(=O)c3ccccc31)c1cc(F)c(OS(=O)(=O)c3c(F)c(F)c(F)c(F)c3F)cc1O2. The fourth-order valence-electron chi connectivity index (χ4n) is 4.93. The molecule has 1 spiro atoms. The Kier molecular flexibility index (Phi) is 6.39. The topological polar surface area (TPSA) is 105 Å². The van der Waals surface area contributed by atoms with Crippen LogP contribution in [0.4, 0.5) is 30.7 Å². The van der Waals surface area contributed by atoms with Crippen molar-refractivity contribution < 1.29 is 67.1 Å². The summed E-state index contributed by atoms with van der Waals surface area (Å²) >= 11 is 0. The van der Waals surface area contributed by atoms with Crippen molar-refractivity contribution >= 4 is 22.1 Å². The minimum Gasteiger partial charge on any atom is -0.456 e. The molecule has 0 N–H and O–H groups in total. The first-order valence-electron chi connectivity index (χ1n) is 12.0. The maximum atomic E-state index is 15.5. The van der Waals surface area contributed by atoms with Crippen LogP contribution in [0.15, 0.2) is 53.4 Å². The van der Waals surface area contributed by atoms with Crippen molar-refractivity contribution in [3.8, 4) is 23.0 Å². The molecule has 2 aliphatic heterocycles. The zero-order chi connectivity index (χ0) is 31.9. The fourth-order valence-corrected chi connectivity index (χ4v) is 6.00. The average Bonchev–Trinajstić information content (AvgIpc) is 3.25. The number of hydrogen-bond acceptors (Lipinski definition) is 8. The van der Waals surface area contributed by atoms with E-state index in [9.17, 15) is 40.0 Å². The van der Waals surface area contributed by atoms with E-state index in [1.807, 2.05) is 0 Å². The second kappa shape index (κ2) is 9.70. The van der Waals surface area contributed by atoms with Crippen LogP contribution in [-0.2, 0) is 25.3 Å². The van der Waals surface area contributed by atoms with Crippen LogP contribution in [0, 0.1) is 40.7 Å². The number of carbonyl (C=O) groups excluding carboxylic acids is 2. The number of fused-ring (bicyclic) bond motifs is 6. The highest BCUT2D eigenvalue weighted by Gasteiger charge is 2.54. The van der Waals surface area contributed by atoms with Gasteiger partial charge in [0.05, 0.1) is 16.7 Å². The van der Waals surface area contributed by atoms with Gasteiger partial charge in [-0.05, 0) is 18.2 Å². The zero-order valence-electron chi connectivity index (χ0n) is 21.4. The molecular weight excluding hydrogens is 629 g/mol. The number of hydrogen-bond donors (Lipinski definition) is 0. The molecule has 0 saturated heterocycles. The van der Waals surface area contributed by atoms with Crippen molar-refractivity contribution in [1.29, 1.82) is 0 Å². The summed E-state index contributed by atoms with van der Waals surface area (Å²) < 4.78 is 146. The predicted octanol–water partition coefficient (Wildman–Crippen LogP) is 5.92. The molecule has 16 heteroatoms. The van der Waals surface area contributed by atoms with Crippen molar-refractivity contribution in [1.82, 2.24) is 0 Å². The highest BCUT2D eigenvalue weighted by molar-refractivity contribution is 7.87. The average molecular weight is 640 g/mol. The zero-order valence-corrected chi connectivity index (χ0v) is 22.3. The molecule has 0 fully saturated rings. The predicted molar refractivity (Wildman–Crippen MR) is 130 cm³/mol. The molecule has 2 heterocycles. The van der Waals surface area contributed by atoms with Gasteiger partial charge in [-0.2, -0.15) is 8.42 Å². The molecule has 0 amide bonds. The molecule has 226 valence electrons. The van der Waals surface area contributed by atoms with Crippen molar-refractivity contribution in [2.75, 3.05) is 0 Å². The Hall–Kier alpha value is -5.12. The van der Waals surface area contributed by atoms with Crippen LogP contribution in [0.1, 0.15) is 34.0 Å². The molecule has 1 atom stereocenters. The number of esters is 2. The highest BCUT2D eigenvalue weighted by Crippen LogP contribution is 2.57. The lowest BCUT2D eigenvalue weighted by Crippen LogP contribution is -2.33. The fraction of sp³-hybridized carbons (Fsp3) is 0.0714. The molecule has 0 aliphatic carbocycles. The lowest BCUT2D eigenvalue weighted by atomic mass is 9.77. The van der Waals surface area contributed by atoms with Gasteiger partial charge in [0.2, 0.25) is 5.82 Å². The van der Waals surface area contributed by atoms with Gasteiger partial charge >= 0.3 is 22.1 Å². The van der Waals surface area contributed by atoms with E-state index in [-0.39, 0.29) is 28.0 Å². The minimum absolute atomic E-state index is 0.0228. The van der Waals surface area contributed by atoms with E-state index < -0.39 is 90.5 Å². The van der Waals surface area contributed by atoms with E-state index >= 15 is 8.78 Å². The Morgan fingerprint density at radius 2 is 1.27 bits per heavy atom. The van der Waals surface area contributed by atoms with Crippen LogP contribution in [0.5, 0.6) is 23.0 Å². The van der Waals surface area contributed by atoms with Crippen LogP contribution in [0.25, 0.3) is 0 Å². The summed E-state index contributed by atoms with van der Waals surface area (Å²) in [6, 6.07) is 8.49. The summed E-state index contributed by atoms with van der Waals surface area (Å²) in [5.41, 5.74) is -2.64. The van der Waals surface area contributed by atoms with Gasteiger partial charge in [-0.25, -0.2) is 35.5 Å². The first-order valence-corrected chi connectivity index (χ1v) is 13.4. The highest BCUT2D eigenvalue weighted by atomic mass is 32.2. The Balaban J connectivity index is 1.56. The second-order valence-corrected chi connectivity index (χ2v) is 10.8. The molecule has 0 bridgehead atoms. The third kappa shape index (κ3) is 4.08. The van der Waals surface area contributed by atoms with Crippen LogP contribution >= 0.6 is 0 Å². The van der Waals surface area contributed by atoms with Crippen LogP contribution in [0.2, 0.25) is 0 Å². The third-order valence-electron chi connectivity index (χ3n) is 6.69.